The molecule has 7 aromatic carbocycles. The summed E-state index contributed by atoms with van der Waals surface area (Å²) in [5.74, 6) is -0.429. The Balaban J connectivity index is 1.03. The Morgan fingerprint density at radius 2 is 0.929 bits per heavy atom. The fourth-order valence-electron chi connectivity index (χ4n) is 8.49. The third kappa shape index (κ3) is 9.58. The lowest BCUT2D eigenvalue weighted by Crippen LogP contribution is -2.16. The van der Waals surface area contributed by atoms with Gasteiger partial charge in [-0.25, -0.2) is 14.8 Å². The molecule has 10 rings (SSSR count). The van der Waals surface area contributed by atoms with Crippen molar-refractivity contribution in [1.29, 1.82) is 5.41 Å². The van der Waals surface area contributed by atoms with E-state index in [0.29, 0.717) is 17.1 Å². The van der Waals surface area contributed by atoms with Crippen molar-refractivity contribution in [3.05, 3.63) is 253 Å². The maximum atomic E-state index is 11.7. The highest BCUT2D eigenvalue weighted by atomic mass is 16.4. The average molecular weight is 907 g/mol. The number of aromatic nitrogens is 3. The number of carbonyl (C=O) groups is 2. The molecule has 0 aliphatic rings. The minimum absolute atomic E-state index is 0.0229. The molecule has 0 aliphatic carbocycles. The predicted octanol–water partition coefficient (Wildman–Crippen LogP) is 13.9. The quantitative estimate of drug-likeness (QED) is 0.0629. The van der Waals surface area contributed by atoms with Crippen molar-refractivity contribution >= 4 is 29.6 Å². The highest BCUT2D eigenvalue weighted by Gasteiger charge is 2.18. The highest BCUT2D eigenvalue weighted by molar-refractivity contribution is 6.15. The summed E-state index contributed by atoms with van der Waals surface area (Å²) in [5.41, 5.74) is 15.9. The zero-order valence-electron chi connectivity index (χ0n) is 37.6. The molecule has 0 aliphatic heterocycles. The molecule has 10 aromatic rings. The molecule has 0 bridgehead atoms. The molecule has 0 saturated carbocycles. The van der Waals surface area contributed by atoms with Crippen molar-refractivity contribution in [2.75, 3.05) is 5.32 Å². The van der Waals surface area contributed by atoms with Gasteiger partial charge in [0.15, 0.2) is 12.1 Å². The van der Waals surface area contributed by atoms with Gasteiger partial charge in [-0.3, -0.25) is 20.2 Å². The Bertz CT molecular complexity index is 3540. The van der Waals surface area contributed by atoms with Gasteiger partial charge < -0.3 is 10.4 Å². The number of rotatable bonds is 12. The summed E-state index contributed by atoms with van der Waals surface area (Å²) in [6.45, 7) is 0. The number of aromatic carboxylic acids is 1. The molecule has 0 amide bonds. The number of hydrogen-bond donors (Lipinski definition) is 3. The molecule has 0 atom stereocenters. The smallest absolute Gasteiger partial charge is 0.354 e. The van der Waals surface area contributed by atoms with Gasteiger partial charge in [0.2, 0.25) is 0 Å². The maximum absolute atomic E-state index is 11.7. The number of hydrogen-bond acceptors (Lipinski definition) is 6. The molecule has 3 aromatic heterocycles. The third-order valence-corrected chi connectivity index (χ3v) is 12.0. The van der Waals surface area contributed by atoms with Crippen LogP contribution in [0.3, 0.4) is 0 Å². The molecule has 9 heteroatoms. The van der Waals surface area contributed by atoms with Crippen LogP contribution < -0.4 is 5.32 Å². The number of benzene rings is 7. The number of pyridine rings is 3. The second-order valence-corrected chi connectivity index (χ2v) is 16.4. The SMILES string of the molecule is N=C(/N=C(\Nc1ccccc1)c1ccc(-c2ccc(-c3ccccc3-c3cc(-c4ccccc4-c4ccc(C=O)nc4)cc(-c4ccccc4-c4ccc(C(=O)O)nc4)c3)cc2)nc1)c1ccccc1. The number of aliphatic imine (C=N–C) groups is 1. The summed E-state index contributed by atoms with van der Waals surface area (Å²) in [5, 5.41) is 21.7. The first-order valence-electron chi connectivity index (χ1n) is 22.5. The Kier molecular flexibility index (Phi) is 12.6. The molecule has 0 unspecified atom stereocenters. The van der Waals surface area contributed by atoms with E-state index >= 15 is 0 Å². The van der Waals surface area contributed by atoms with E-state index < -0.39 is 5.97 Å². The second-order valence-electron chi connectivity index (χ2n) is 16.4. The third-order valence-electron chi connectivity index (χ3n) is 12.0. The molecule has 0 fully saturated rings. The summed E-state index contributed by atoms with van der Waals surface area (Å²) in [7, 11) is 0. The molecule has 3 N–H and O–H groups in total. The fraction of sp³-hybridized carbons (Fsp3) is 0. The van der Waals surface area contributed by atoms with Crippen LogP contribution in [0, 0.1) is 5.41 Å². The van der Waals surface area contributed by atoms with Crippen molar-refractivity contribution in [2.45, 2.75) is 0 Å². The van der Waals surface area contributed by atoms with Gasteiger partial charge in [0.1, 0.15) is 17.2 Å². The molecule has 334 valence electrons. The first kappa shape index (κ1) is 44.1. The van der Waals surface area contributed by atoms with Crippen LogP contribution in [0.4, 0.5) is 5.69 Å². The van der Waals surface area contributed by atoms with Gasteiger partial charge in [0, 0.05) is 52.1 Å². The number of anilines is 1. The topological polar surface area (TPSA) is 141 Å². The minimum Gasteiger partial charge on any atom is -0.477 e. The number of carboxylic acid groups (broad SMARTS) is 1. The molecule has 0 spiro atoms. The summed E-state index contributed by atoms with van der Waals surface area (Å²) >= 11 is 0. The Labute approximate surface area is 404 Å². The number of aldehydes is 1. The Morgan fingerprint density at radius 3 is 1.40 bits per heavy atom. The molecular formula is C61H42N6O3. The Hall–Kier alpha value is -9.73. The fourth-order valence-corrected chi connectivity index (χ4v) is 8.49. The van der Waals surface area contributed by atoms with Crippen molar-refractivity contribution in [1.82, 2.24) is 15.0 Å². The zero-order chi connectivity index (χ0) is 47.8. The lowest BCUT2D eigenvalue weighted by Gasteiger charge is -2.18. The first-order valence-corrected chi connectivity index (χ1v) is 22.5. The largest absolute Gasteiger partial charge is 0.477 e. The van der Waals surface area contributed by atoms with E-state index in [1.165, 1.54) is 6.07 Å². The van der Waals surface area contributed by atoms with Gasteiger partial charge in [0.25, 0.3) is 0 Å². The van der Waals surface area contributed by atoms with Crippen molar-refractivity contribution in [2.24, 2.45) is 4.99 Å². The summed E-state index contributed by atoms with van der Waals surface area (Å²) in [4.78, 5) is 41.4. The first-order chi connectivity index (χ1) is 34.4. The van der Waals surface area contributed by atoms with E-state index in [1.54, 1.807) is 30.7 Å². The normalized spacial score (nSPS) is 11.2. The van der Waals surface area contributed by atoms with Crippen LogP contribution >= 0.6 is 0 Å². The summed E-state index contributed by atoms with van der Waals surface area (Å²) in [6, 6.07) is 69.7. The number of carboxylic acids is 1. The molecular weight excluding hydrogens is 865 g/mol. The maximum Gasteiger partial charge on any atom is 0.354 e. The van der Waals surface area contributed by atoms with Gasteiger partial charge in [-0.15, -0.1) is 0 Å². The predicted molar refractivity (Wildman–Crippen MR) is 280 cm³/mol. The zero-order valence-corrected chi connectivity index (χ0v) is 37.6. The van der Waals surface area contributed by atoms with Crippen molar-refractivity contribution in [3.8, 4) is 78.0 Å². The van der Waals surface area contributed by atoms with Gasteiger partial charge in [-0.1, -0.05) is 158 Å². The van der Waals surface area contributed by atoms with Crippen LogP contribution in [0.15, 0.2) is 236 Å². The van der Waals surface area contributed by atoms with E-state index in [2.05, 4.69) is 88.1 Å². The van der Waals surface area contributed by atoms with Crippen LogP contribution in [-0.4, -0.2) is 44.0 Å². The molecule has 0 saturated heterocycles. The van der Waals surface area contributed by atoms with Crippen LogP contribution in [0.25, 0.3) is 78.0 Å². The van der Waals surface area contributed by atoms with Gasteiger partial charge in [-0.2, -0.15) is 0 Å². The van der Waals surface area contributed by atoms with Crippen LogP contribution in [0.5, 0.6) is 0 Å². The van der Waals surface area contributed by atoms with Gasteiger partial charge in [0.05, 0.1) is 5.69 Å². The lowest BCUT2D eigenvalue weighted by atomic mass is 9.86. The highest BCUT2D eigenvalue weighted by Crippen LogP contribution is 2.42. The number of nitrogens with zero attached hydrogens (tertiary/aromatic N) is 4. The van der Waals surface area contributed by atoms with Crippen molar-refractivity contribution in [3.63, 3.8) is 0 Å². The van der Waals surface area contributed by atoms with Gasteiger partial charge in [-0.05, 0) is 110 Å². The van der Waals surface area contributed by atoms with E-state index in [4.69, 9.17) is 15.4 Å². The number of amidine groups is 2. The summed E-state index contributed by atoms with van der Waals surface area (Å²) in [6.07, 6.45) is 5.86. The van der Waals surface area contributed by atoms with E-state index in [-0.39, 0.29) is 11.5 Å². The second kappa shape index (κ2) is 20.0. The van der Waals surface area contributed by atoms with Crippen LogP contribution in [-0.2, 0) is 0 Å². The number of nitrogens with one attached hydrogen (secondary N) is 2. The van der Waals surface area contributed by atoms with Crippen LogP contribution in [0.1, 0.15) is 32.1 Å². The number of para-hydroxylation sites is 1. The standard InChI is InChI=1S/C61H42N6O3/c62-59(42-13-3-1-4-14-42)67-60(66-49-15-5-2-6-16-49)45-29-31-57(64-38-45)41-25-23-40(24-26-41)51-17-7-10-20-54(51)46-33-47(55-21-11-8-18-52(55)43-27-30-50(39-68)63-36-43)35-48(34-46)56-22-12-9-19-53(56)44-28-32-58(61(69)70)65-37-44/h1-39H,(H,69,70)(H2,62,66,67). The number of carbonyl (C=O) groups excluding carboxylic acids is 1. The van der Waals surface area contributed by atoms with E-state index in [1.807, 2.05) is 121 Å². The molecule has 3 heterocycles. The summed E-state index contributed by atoms with van der Waals surface area (Å²) < 4.78 is 0. The van der Waals surface area contributed by atoms with Crippen molar-refractivity contribution < 1.29 is 14.7 Å². The average Bonchev–Trinajstić information content (AvgIpc) is 3.43. The molecule has 70 heavy (non-hydrogen) atoms. The van der Waals surface area contributed by atoms with Gasteiger partial charge >= 0.3 is 5.97 Å². The van der Waals surface area contributed by atoms with Crippen LogP contribution in [0.2, 0.25) is 0 Å². The molecule has 0 radical (unpaired) electrons. The molecule has 9 nitrogen and oxygen atoms in total. The minimum atomic E-state index is -1.08. The monoisotopic (exact) mass is 906 g/mol. The lowest BCUT2D eigenvalue weighted by molar-refractivity contribution is 0.0690. The van der Waals surface area contributed by atoms with E-state index in [0.717, 1.165) is 95.6 Å². The van der Waals surface area contributed by atoms with E-state index in [9.17, 15) is 14.7 Å². The Morgan fingerprint density at radius 1 is 0.457 bits per heavy atom.